The number of rotatable bonds is 4. The molecule has 2 aromatic rings. The van der Waals surface area contributed by atoms with E-state index in [0.717, 1.165) is 0 Å². The number of hydrogen-bond donors (Lipinski definition) is 0. The van der Waals surface area contributed by atoms with Crippen LogP contribution in [0.15, 0.2) is 21.1 Å². The van der Waals surface area contributed by atoms with E-state index in [0.29, 0.717) is 22.8 Å². The Labute approximate surface area is 121 Å². The number of ether oxygens (including phenoxy) is 1. The highest BCUT2D eigenvalue weighted by molar-refractivity contribution is 5.92. The van der Waals surface area contributed by atoms with E-state index in [4.69, 9.17) is 8.94 Å². The summed E-state index contributed by atoms with van der Waals surface area (Å²) in [5.74, 6) is 0.747. The van der Waals surface area contributed by atoms with Gasteiger partial charge in [0.2, 0.25) is 0 Å². The summed E-state index contributed by atoms with van der Waals surface area (Å²) in [7, 11) is 2.92. The van der Waals surface area contributed by atoms with Gasteiger partial charge in [-0.3, -0.25) is 4.79 Å². The Hall–Kier alpha value is -2.57. The van der Waals surface area contributed by atoms with Crippen LogP contribution < -0.4 is 0 Å². The van der Waals surface area contributed by atoms with Crippen molar-refractivity contribution in [2.75, 3.05) is 14.2 Å². The summed E-state index contributed by atoms with van der Waals surface area (Å²) >= 11 is 0. The van der Waals surface area contributed by atoms with Crippen LogP contribution in [-0.2, 0) is 11.3 Å². The van der Waals surface area contributed by atoms with Crippen LogP contribution in [0.4, 0.5) is 0 Å². The van der Waals surface area contributed by atoms with Crippen molar-refractivity contribution in [3.63, 3.8) is 0 Å². The molecule has 0 radical (unpaired) electrons. The smallest absolute Gasteiger partial charge is 0.341 e. The van der Waals surface area contributed by atoms with Gasteiger partial charge in [0.1, 0.15) is 22.8 Å². The second kappa shape index (κ2) is 5.82. The number of aromatic nitrogens is 1. The van der Waals surface area contributed by atoms with Gasteiger partial charge < -0.3 is 18.6 Å². The summed E-state index contributed by atoms with van der Waals surface area (Å²) < 4.78 is 15.0. The molecule has 7 heteroatoms. The number of amides is 1. The van der Waals surface area contributed by atoms with Crippen LogP contribution in [0.25, 0.3) is 0 Å². The van der Waals surface area contributed by atoms with Crippen molar-refractivity contribution >= 4 is 11.9 Å². The van der Waals surface area contributed by atoms with Crippen molar-refractivity contribution in [3.8, 4) is 0 Å². The van der Waals surface area contributed by atoms with E-state index >= 15 is 0 Å². The molecule has 0 unspecified atom stereocenters. The minimum absolute atomic E-state index is 0.211. The first-order chi connectivity index (χ1) is 9.92. The maximum Gasteiger partial charge on any atom is 0.341 e. The minimum atomic E-state index is -0.469. The third-order valence-electron chi connectivity index (χ3n) is 2.96. The van der Waals surface area contributed by atoms with Crippen LogP contribution in [0.2, 0.25) is 0 Å². The third kappa shape index (κ3) is 3.13. The lowest BCUT2D eigenvalue weighted by Gasteiger charge is -2.13. The zero-order chi connectivity index (χ0) is 15.6. The van der Waals surface area contributed by atoms with Gasteiger partial charge in [-0.25, -0.2) is 4.79 Å². The van der Waals surface area contributed by atoms with E-state index in [-0.39, 0.29) is 18.1 Å². The first-order valence-corrected chi connectivity index (χ1v) is 6.28. The average Bonchev–Trinajstić information content (AvgIpc) is 3.03. The van der Waals surface area contributed by atoms with Gasteiger partial charge in [-0.2, -0.15) is 0 Å². The van der Waals surface area contributed by atoms with Gasteiger partial charge in [0, 0.05) is 13.1 Å². The Balaban J connectivity index is 2.11. The molecule has 0 fully saturated rings. The van der Waals surface area contributed by atoms with Gasteiger partial charge in [-0.05, 0) is 19.9 Å². The molecule has 0 atom stereocenters. The van der Waals surface area contributed by atoms with E-state index in [1.54, 1.807) is 33.0 Å². The van der Waals surface area contributed by atoms with Gasteiger partial charge in [-0.15, -0.1) is 0 Å². The molecule has 112 valence electrons. The van der Waals surface area contributed by atoms with Crippen LogP contribution in [0.5, 0.6) is 0 Å². The lowest BCUT2D eigenvalue weighted by Crippen LogP contribution is -2.26. The standard InChI is InChI=1S/C14H16N2O5/c1-8-5-12(15-21-8)13(17)16(3)7-10-6-11(9(2)20-10)14(18)19-4/h5-6H,7H2,1-4H3. The fraction of sp³-hybridized carbons (Fsp3) is 0.357. The quantitative estimate of drug-likeness (QED) is 0.800. The molecule has 21 heavy (non-hydrogen) atoms. The van der Waals surface area contributed by atoms with Crippen molar-refractivity contribution in [1.82, 2.24) is 10.1 Å². The first-order valence-electron chi connectivity index (χ1n) is 6.28. The molecule has 0 spiro atoms. The molecule has 1 amide bonds. The highest BCUT2D eigenvalue weighted by atomic mass is 16.5. The maximum atomic E-state index is 12.1. The van der Waals surface area contributed by atoms with E-state index in [2.05, 4.69) is 9.89 Å². The van der Waals surface area contributed by atoms with E-state index in [1.165, 1.54) is 12.0 Å². The topological polar surface area (TPSA) is 85.8 Å². The maximum absolute atomic E-state index is 12.1. The van der Waals surface area contributed by atoms with Crippen LogP contribution in [0, 0.1) is 13.8 Å². The van der Waals surface area contributed by atoms with Crippen LogP contribution in [0.1, 0.15) is 38.1 Å². The summed E-state index contributed by atoms with van der Waals surface area (Å²) in [6.45, 7) is 3.59. The number of hydrogen-bond acceptors (Lipinski definition) is 6. The molecule has 0 N–H and O–H groups in total. The lowest BCUT2D eigenvalue weighted by molar-refractivity contribution is 0.0598. The zero-order valence-corrected chi connectivity index (χ0v) is 12.3. The molecular formula is C14H16N2O5. The van der Waals surface area contributed by atoms with E-state index < -0.39 is 5.97 Å². The summed E-state index contributed by atoms with van der Waals surface area (Å²) in [5, 5.41) is 3.67. The SMILES string of the molecule is COC(=O)c1cc(CN(C)C(=O)c2cc(C)on2)oc1C. The minimum Gasteiger partial charge on any atom is -0.465 e. The van der Waals surface area contributed by atoms with Crippen LogP contribution >= 0.6 is 0 Å². The monoisotopic (exact) mass is 292 g/mol. The lowest BCUT2D eigenvalue weighted by atomic mass is 10.2. The highest BCUT2D eigenvalue weighted by Gasteiger charge is 2.20. The Morgan fingerprint density at radius 2 is 2.05 bits per heavy atom. The number of nitrogens with zero attached hydrogens (tertiary/aromatic N) is 2. The molecule has 0 aliphatic rings. The number of aryl methyl sites for hydroxylation is 2. The molecule has 0 aromatic carbocycles. The van der Waals surface area contributed by atoms with Crippen molar-refractivity contribution in [2.24, 2.45) is 0 Å². The Kier molecular flexibility index (Phi) is 4.11. The molecule has 0 saturated carbocycles. The fourth-order valence-electron chi connectivity index (χ4n) is 1.90. The Morgan fingerprint density at radius 1 is 1.33 bits per heavy atom. The van der Waals surface area contributed by atoms with Crippen molar-refractivity contribution in [1.29, 1.82) is 0 Å². The summed E-state index contributed by atoms with van der Waals surface area (Å²) in [6.07, 6.45) is 0. The first kappa shape index (κ1) is 14.8. The molecule has 0 aliphatic carbocycles. The van der Waals surface area contributed by atoms with Gasteiger partial charge in [0.15, 0.2) is 5.69 Å². The molecule has 2 heterocycles. The Bertz CT molecular complexity index is 671. The summed E-state index contributed by atoms with van der Waals surface area (Å²) in [4.78, 5) is 25.0. The Morgan fingerprint density at radius 3 is 2.62 bits per heavy atom. The van der Waals surface area contributed by atoms with Crippen LogP contribution in [0.3, 0.4) is 0 Å². The number of esters is 1. The predicted molar refractivity (Wildman–Crippen MR) is 71.8 cm³/mol. The number of methoxy groups -OCH3 is 1. The van der Waals surface area contributed by atoms with Gasteiger partial charge in [-0.1, -0.05) is 5.16 Å². The summed E-state index contributed by atoms with van der Waals surface area (Å²) in [6, 6.07) is 3.13. The highest BCUT2D eigenvalue weighted by Crippen LogP contribution is 2.17. The normalized spacial score (nSPS) is 10.5. The van der Waals surface area contributed by atoms with Gasteiger partial charge in [0.25, 0.3) is 5.91 Å². The molecule has 2 rings (SSSR count). The molecule has 0 aliphatic heterocycles. The van der Waals surface area contributed by atoms with E-state index in [9.17, 15) is 9.59 Å². The zero-order valence-electron chi connectivity index (χ0n) is 12.3. The van der Waals surface area contributed by atoms with Gasteiger partial charge >= 0.3 is 5.97 Å². The molecule has 0 saturated heterocycles. The van der Waals surface area contributed by atoms with Crippen LogP contribution in [-0.4, -0.2) is 36.1 Å². The second-order valence-corrected chi connectivity index (χ2v) is 4.66. The van der Waals surface area contributed by atoms with Crippen molar-refractivity contribution in [3.05, 3.63) is 40.7 Å². The summed E-state index contributed by atoms with van der Waals surface area (Å²) in [5.41, 5.74) is 0.581. The molecule has 7 nitrogen and oxygen atoms in total. The molecule has 0 bridgehead atoms. The van der Waals surface area contributed by atoms with Crippen molar-refractivity contribution in [2.45, 2.75) is 20.4 Å². The second-order valence-electron chi connectivity index (χ2n) is 4.66. The molecule has 2 aromatic heterocycles. The number of carbonyl (C=O) groups is 2. The molecular weight excluding hydrogens is 276 g/mol. The number of carbonyl (C=O) groups excluding carboxylic acids is 2. The predicted octanol–water partition coefficient (Wildman–Crippen LogP) is 1.94. The van der Waals surface area contributed by atoms with E-state index in [1.807, 2.05) is 0 Å². The average molecular weight is 292 g/mol. The number of furan rings is 1. The van der Waals surface area contributed by atoms with Gasteiger partial charge in [0.05, 0.1) is 13.7 Å². The fourth-order valence-corrected chi connectivity index (χ4v) is 1.90. The largest absolute Gasteiger partial charge is 0.465 e. The van der Waals surface area contributed by atoms with Crippen molar-refractivity contribution < 1.29 is 23.3 Å². The third-order valence-corrected chi connectivity index (χ3v) is 2.96.